The molecule has 0 aliphatic carbocycles. The molecular weight excluding hydrogens is 326 g/mol. The molecule has 0 amide bonds. The number of aromatic nitrogens is 4. The first kappa shape index (κ1) is 16.7. The molecule has 0 saturated heterocycles. The van der Waals surface area contributed by atoms with Crippen molar-refractivity contribution in [1.82, 2.24) is 25.0 Å². The molecule has 0 radical (unpaired) electrons. The van der Waals surface area contributed by atoms with Crippen LogP contribution in [0.15, 0.2) is 34.4 Å². The van der Waals surface area contributed by atoms with Crippen LogP contribution in [0.1, 0.15) is 17.3 Å². The highest BCUT2D eigenvalue weighted by atomic mass is 32.1. The predicted molar refractivity (Wildman–Crippen MR) is 90.4 cm³/mol. The Balaban J connectivity index is 1.54. The second-order valence-corrected chi connectivity index (χ2v) is 6.36. The van der Waals surface area contributed by atoms with Gasteiger partial charge in [0.05, 0.1) is 18.0 Å². The summed E-state index contributed by atoms with van der Waals surface area (Å²) in [4.78, 5) is 16.4. The van der Waals surface area contributed by atoms with Gasteiger partial charge in [0.1, 0.15) is 0 Å². The van der Waals surface area contributed by atoms with Crippen LogP contribution < -0.4 is 0 Å². The maximum Gasteiger partial charge on any atom is 0.240 e. The van der Waals surface area contributed by atoms with Gasteiger partial charge in [-0.2, -0.15) is 4.98 Å². The SMILES string of the molecule is COCCc1noc(CN(C)Cc2cnc(-c3cccs3)nc2)n1. The molecule has 0 bridgehead atoms. The molecule has 24 heavy (non-hydrogen) atoms. The van der Waals surface area contributed by atoms with Crippen molar-refractivity contribution in [3.63, 3.8) is 0 Å². The zero-order chi connectivity index (χ0) is 16.8. The summed E-state index contributed by atoms with van der Waals surface area (Å²) in [5.41, 5.74) is 1.04. The molecule has 0 atom stereocenters. The van der Waals surface area contributed by atoms with Crippen molar-refractivity contribution in [2.24, 2.45) is 0 Å². The molecule has 3 rings (SSSR count). The van der Waals surface area contributed by atoms with E-state index in [2.05, 4.69) is 25.0 Å². The summed E-state index contributed by atoms with van der Waals surface area (Å²) in [5.74, 6) is 2.03. The third-order valence-electron chi connectivity index (χ3n) is 3.34. The summed E-state index contributed by atoms with van der Waals surface area (Å²) in [6.45, 7) is 1.87. The van der Waals surface area contributed by atoms with Crippen LogP contribution in [-0.4, -0.2) is 45.8 Å². The predicted octanol–water partition coefficient (Wildman–Crippen LogP) is 2.41. The highest BCUT2D eigenvalue weighted by molar-refractivity contribution is 7.13. The summed E-state index contributed by atoms with van der Waals surface area (Å²) in [6, 6.07) is 4.01. The molecule has 0 N–H and O–H groups in total. The molecule has 0 saturated carbocycles. The van der Waals surface area contributed by atoms with E-state index in [9.17, 15) is 0 Å². The quantitative estimate of drug-likeness (QED) is 0.620. The Morgan fingerprint density at radius 1 is 1.25 bits per heavy atom. The van der Waals surface area contributed by atoms with Crippen LogP contribution in [0.25, 0.3) is 10.7 Å². The van der Waals surface area contributed by atoms with Gasteiger partial charge < -0.3 is 9.26 Å². The van der Waals surface area contributed by atoms with Crippen LogP contribution in [-0.2, 0) is 24.2 Å². The second-order valence-electron chi connectivity index (χ2n) is 5.41. The van der Waals surface area contributed by atoms with E-state index in [1.807, 2.05) is 37.0 Å². The number of hydrogen-bond acceptors (Lipinski definition) is 8. The van der Waals surface area contributed by atoms with Gasteiger partial charge in [-0.25, -0.2) is 9.97 Å². The maximum atomic E-state index is 5.25. The zero-order valence-corrected chi connectivity index (χ0v) is 14.5. The molecule has 3 heterocycles. The Hall–Kier alpha value is -2.16. The van der Waals surface area contributed by atoms with E-state index in [1.165, 1.54) is 0 Å². The molecule has 0 aromatic carbocycles. The molecule has 7 nitrogen and oxygen atoms in total. The lowest BCUT2D eigenvalue weighted by Gasteiger charge is -2.13. The van der Waals surface area contributed by atoms with Gasteiger partial charge in [-0.15, -0.1) is 11.3 Å². The fourth-order valence-electron chi connectivity index (χ4n) is 2.22. The summed E-state index contributed by atoms with van der Waals surface area (Å²) in [5, 5.41) is 5.96. The fraction of sp³-hybridized carbons (Fsp3) is 0.375. The van der Waals surface area contributed by atoms with E-state index in [0.717, 1.165) is 16.3 Å². The van der Waals surface area contributed by atoms with Gasteiger partial charge >= 0.3 is 0 Å². The molecule has 0 aliphatic heterocycles. The normalized spacial score (nSPS) is 11.3. The Morgan fingerprint density at radius 2 is 2.08 bits per heavy atom. The van der Waals surface area contributed by atoms with E-state index in [4.69, 9.17) is 9.26 Å². The van der Waals surface area contributed by atoms with Crippen LogP contribution in [0.5, 0.6) is 0 Å². The van der Waals surface area contributed by atoms with Crippen LogP contribution in [0.2, 0.25) is 0 Å². The Bertz CT molecular complexity index is 742. The first-order valence-electron chi connectivity index (χ1n) is 7.58. The molecule has 0 unspecified atom stereocenters. The van der Waals surface area contributed by atoms with E-state index in [1.54, 1.807) is 18.4 Å². The van der Waals surface area contributed by atoms with Gasteiger partial charge in [0.25, 0.3) is 0 Å². The smallest absolute Gasteiger partial charge is 0.240 e. The van der Waals surface area contributed by atoms with Crippen molar-refractivity contribution in [3.8, 4) is 10.7 Å². The monoisotopic (exact) mass is 345 g/mol. The fourth-order valence-corrected chi connectivity index (χ4v) is 2.89. The van der Waals surface area contributed by atoms with Crippen LogP contribution in [0, 0.1) is 0 Å². The number of hydrogen-bond donors (Lipinski definition) is 0. The van der Waals surface area contributed by atoms with E-state index in [-0.39, 0.29) is 0 Å². The highest BCUT2D eigenvalue weighted by Gasteiger charge is 2.10. The standard InChI is InChI=1S/C16H19N5O2S/c1-21(11-15-19-14(20-23-15)5-6-22-2)10-12-8-17-16(18-9-12)13-4-3-7-24-13/h3-4,7-9H,5-6,10-11H2,1-2H3. The average Bonchev–Trinajstić information content (AvgIpc) is 3.25. The van der Waals surface area contributed by atoms with Crippen molar-refractivity contribution in [1.29, 1.82) is 0 Å². The number of ether oxygens (including phenoxy) is 1. The molecule has 0 aliphatic rings. The Morgan fingerprint density at radius 3 is 2.79 bits per heavy atom. The molecule has 0 fully saturated rings. The second kappa shape index (κ2) is 8.09. The van der Waals surface area contributed by atoms with Crippen molar-refractivity contribution in [2.75, 3.05) is 20.8 Å². The van der Waals surface area contributed by atoms with Crippen molar-refractivity contribution in [2.45, 2.75) is 19.5 Å². The molecule has 126 valence electrons. The minimum absolute atomic E-state index is 0.576. The van der Waals surface area contributed by atoms with Crippen LogP contribution in [0.4, 0.5) is 0 Å². The lowest BCUT2D eigenvalue weighted by molar-refractivity contribution is 0.199. The topological polar surface area (TPSA) is 77.2 Å². The minimum Gasteiger partial charge on any atom is -0.384 e. The maximum absolute atomic E-state index is 5.25. The molecule has 8 heteroatoms. The van der Waals surface area contributed by atoms with Crippen LogP contribution in [0.3, 0.4) is 0 Å². The number of thiophene rings is 1. The van der Waals surface area contributed by atoms with Crippen molar-refractivity contribution >= 4 is 11.3 Å². The van der Waals surface area contributed by atoms with Gasteiger partial charge in [0, 0.05) is 38.0 Å². The Labute approximate surface area is 144 Å². The van der Waals surface area contributed by atoms with Gasteiger partial charge in [0.2, 0.25) is 5.89 Å². The third kappa shape index (κ3) is 4.44. The minimum atomic E-state index is 0.576. The average molecular weight is 345 g/mol. The van der Waals surface area contributed by atoms with Gasteiger partial charge in [-0.05, 0) is 18.5 Å². The molecule has 0 spiro atoms. The first-order chi connectivity index (χ1) is 11.7. The summed E-state index contributed by atoms with van der Waals surface area (Å²) >= 11 is 1.63. The number of nitrogens with zero attached hydrogens (tertiary/aromatic N) is 5. The van der Waals surface area contributed by atoms with E-state index in [0.29, 0.717) is 37.8 Å². The Kier molecular flexibility index (Phi) is 5.63. The van der Waals surface area contributed by atoms with Gasteiger partial charge in [-0.3, -0.25) is 4.90 Å². The summed E-state index contributed by atoms with van der Waals surface area (Å²) < 4.78 is 10.3. The molecule has 3 aromatic heterocycles. The van der Waals surface area contributed by atoms with Crippen molar-refractivity contribution in [3.05, 3.63) is 47.2 Å². The number of methoxy groups -OCH3 is 1. The third-order valence-corrected chi connectivity index (χ3v) is 4.21. The first-order valence-corrected chi connectivity index (χ1v) is 8.46. The van der Waals surface area contributed by atoms with E-state index >= 15 is 0 Å². The highest BCUT2D eigenvalue weighted by Crippen LogP contribution is 2.20. The van der Waals surface area contributed by atoms with Crippen molar-refractivity contribution < 1.29 is 9.26 Å². The summed E-state index contributed by atoms with van der Waals surface area (Å²) in [7, 11) is 3.65. The van der Waals surface area contributed by atoms with Crippen LogP contribution >= 0.6 is 11.3 Å². The molecule has 3 aromatic rings. The van der Waals surface area contributed by atoms with Gasteiger partial charge in [-0.1, -0.05) is 11.2 Å². The lowest BCUT2D eigenvalue weighted by atomic mass is 10.3. The molecular formula is C16H19N5O2S. The number of rotatable bonds is 8. The van der Waals surface area contributed by atoms with E-state index < -0.39 is 0 Å². The lowest BCUT2D eigenvalue weighted by Crippen LogP contribution is -2.17. The van der Waals surface area contributed by atoms with Gasteiger partial charge in [0.15, 0.2) is 11.6 Å². The summed E-state index contributed by atoms with van der Waals surface area (Å²) in [6.07, 6.45) is 4.37. The largest absolute Gasteiger partial charge is 0.384 e. The zero-order valence-electron chi connectivity index (χ0n) is 13.7.